The Hall–Kier alpha value is -3.78. The minimum Gasteiger partial charge on any atom is -0.488 e. The Labute approximate surface area is 206 Å². The van der Waals surface area contributed by atoms with Crippen LogP contribution in [0.2, 0.25) is 0 Å². The van der Waals surface area contributed by atoms with E-state index in [1.54, 1.807) is 12.1 Å². The Morgan fingerprint density at radius 1 is 0.971 bits per heavy atom. The van der Waals surface area contributed by atoms with Crippen molar-refractivity contribution in [2.75, 3.05) is 12.3 Å². The molecule has 1 amide bonds. The van der Waals surface area contributed by atoms with Crippen LogP contribution in [-0.4, -0.2) is 17.6 Å². The molecule has 3 N–H and O–H groups in total. The first-order chi connectivity index (χ1) is 16.6. The first-order valence-corrected chi connectivity index (χ1v) is 11.6. The highest BCUT2D eigenvalue weighted by atomic mass is 79.9. The lowest BCUT2D eigenvalue weighted by Crippen LogP contribution is -2.23. The second-order valence-corrected chi connectivity index (χ2v) is 8.26. The number of anilines is 1. The monoisotopic (exact) mass is 521 g/mol. The number of nitrogens with two attached hydrogens (primary N) is 1. The van der Waals surface area contributed by atoms with E-state index in [4.69, 9.17) is 19.7 Å². The van der Waals surface area contributed by atoms with E-state index >= 15 is 0 Å². The van der Waals surface area contributed by atoms with E-state index in [0.717, 1.165) is 11.1 Å². The van der Waals surface area contributed by atoms with Gasteiger partial charge in [0, 0.05) is 12.6 Å². The van der Waals surface area contributed by atoms with E-state index in [2.05, 4.69) is 26.4 Å². The van der Waals surface area contributed by atoms with Crippen molar-refractivity contribution in [2.45, 2.75) is 20.1 Å². The van der Waals surface area contributed by atoms with Crippen molar-refractivity contribution in [2.24, 2.45) is 0 Å². The highest BCUT2D eigenvalue weighted by molar-refractivity contribution is 9.10. The van der Waals surface area contributed by atoms with Crippen LogP contribution in [0.4, 0.5) is 5.69 Å². The van der Waals surface area contributed by atoms with Gasteiger partial charge in [-0.25, -0.2) is 0 Å². The van der Waals surface area contributed by atoms with Crippen LogP contribution in [0.1, 0.15) is 28.5 Å². The zero-order chi connectivity index (χ0) is 23.9. The zero-order valence-corrected chi connectivity index (χ0v) is 20.2. The van der Waals surface area contributed by atoms with Crippen molar-refractivity contribution in [3.05, 3.63) is 94.1 Å². The van der Waals surface area contributed by atoms with Crippen LogP contribution in [0.15, 0.2) is 81.8 Å². The van der Waals surface area contributed by atoms with Gasteiger partial charge in [0.1, 0.15) is 24.7 Å². The molecule has 0 bridgehead atoms. The van der Waals surface area contributed by atoms with Crippen LogP contribution in [-0.2, 0) is 13.2 Å². The van der Waals surface area contributed by atoms with Gasteiger partial charge < -0.3 is 25.0 Å². The summed E-state index contributed by atoms with van der Waals surface area (Å²) in [6, 6.07) is 23.0. The number of carbonyl (C=O) groups is 1. The summed E-state index contributed by atoms with van der Waals surface area (Å²) in [4.78, 5) is 12.3. The van der Waals surface area contributed by atoms with Gasteiger partial charge in [-0.3, -0.25) is 4.79 Å². The lowest BCUT2D eigenvalue weighted by Gasteiger charge is -2.15. The second kappa shape index (κ2) is 10.9. The van der Waals surface area contributed by atoms with Gasteiger partial charge in [-0.1, -0.05) is 65.8 Å². The molecule has 0 saturated heterocycles. The average molecular weight is 522 g/mol. The largest absolute Gasteiger partial charge is 0.488 e. The van der Waals surface area contributed by atoms with Crippen LogP contribution in [0.25, 0.3) is 11.3 Å². The van der Waals surface area contributed by atoms with Crippen molar-refractivity contribution in [1.82, 2.24) is 10.5 Å². The number of hydrogen-bond donors (Lipinski definition) is 2. The fraction of sp³-hybridized carbons (Fsp3) is 0.154. The summed E-state index contributed by atoms with van der Waals surface area (Å²) in [5.41, 5.74) is 9.44. The van der Waals surface area contributed by atoms with E-state index in [1.165, 1.54) is 0 Å². The minimum absolute atomic E-state index is 0.147. The second-order valence-electron chi connectivity index (χ2n) is 7.47. The van der Waals surface area contributed by atoms with Crippen LogP contribution < -0.4 is 20.5 Å². The predicted molar refractivity (Wildman–Crippen MR) is 134 cm³/mol. The molecule has 174 valence electrons. The first-order valence-electron chi connectivity index (χ1n) is 10.8. The van der Waals surface area contributed by atoms with Crippen molar-refractivity contribution >= 4 is 27.5 Å². The zero-order valence-electron chi connectivity index (χ0n) is 18.6. The number of aromatic nitrogens is 1. The normalized spacial score (nSPS) is 10.6. The molecule has 0 radical (unpaired) electrons. The van der Waals surface area contributed by atoms with E-state index < -0.39 is 0 Å². The molecule has 8 heteroatoms. The number of halogens is 1. The number of nitrogens with one attached hydrogen (secondary N) is 1. The number of ether oxygens (including phenoxy) is 2. The summed E-state index contributed by atoms with van der Waals surface area (Å²) in [6.07, 6.45) is 0. The maximum atomic E-state index is 12.3. The summed E-state index contributed by atoms with van der Waals surface area (Å²) >= 11 is 3.45. The molecule has 4 aromatic rings. The molecule has 0 atom stereocenters. The maximum Gasteiger partial charge on any atom is 0.274 e. The third kappa shape index (κ3) is 5.40. The minimum atomic E-state index is -0.341. The quantitative estimate of drug-likeness (QED) is 0.278. The SMILES string of the molecule is CCNC(=O)c1noc(-c2cc(N)c(OCc3ccccc3)cc2OCc2ccccc2)c1Br. The van der Waals surface area contributed by atoms with Crippen molar-refractivity contribution in [3.63, 3.8) is 0 Å². The number of hydrogen-bond acceptors (Lipinski definition) is 6. The summed E-state index contributed by atoms with van der Waals surface area (Å²) in [6.45, 7) is 2.98. The third-order valence-corrected chi connectivity index (χ3v) is 5.75. The van der Waals surface area contributed by atoms with Gasteiger partial charge in [-0.15, -0.1) is 0 Å². The molecular weight excluding hydrogens is 498 g/mol. The average Bonchev–Trinajstić information content (AvgIpc) is 3.25. The molecule has 4 rings (SSSR count). The smallest absolute Gasteiger partial charge is 0.274 e. The first kappa shape index (κ1) is 23.4. The van der Waals surface area contributed by atoms with Crippen LogP contribution in [0.3, 0.4) is 0 Å². The van der Waals surface area contributed by atoms with Crippen molar-refractivity contribution in [1.29, 1.82) is 0 Å². The number of rotatable bonds is 9. The molecule has 7 nitrogen and oxygen atoms in total. The molecule has 0 aliphatic heterocycles. The molecule has 3 aromatic carbocycles. The van der Waals surface area contributed by atoms with Gasteiger partial charge in [-0.2, -0.15) is 0 Å². The Bertz CT molecular complexity index is 1260. The van der Waals surface area contributed by atoms with E-state index in [1.807, 2.05) is 67.6 Å². The number of amides is 1. The molecule has 1 aromatic heterocycles. The van der Waals surface area contributed by atoms with Crippen molar-refractivity contribution in [3.8, 4) is 22.8 Å². The third-order valence-electron chi connectivity index (χ3n) is 5.02. The molecule has 0 aliphatic carbocycles. The highest BCUT2D eigenvalue weighted by Gasteiger charge is 2.24. The number of nitrogen functional groups attached to an aromatic ring is 1. The van der Waals surface area contributed by atoms with Crippen molar-refractivity contribution < 1.29 is 18.8 Å². The Kier molecular flexibility index (Phi) is 7.49. The maximum absolute atomic E-state index is 12.3. The molecule has 34 heavy (non-hydrogen) atoms. The summed E-state index contributed by atoms with van der Waals surface area (Å²) in [5, 5.41) is 6.65. The molecule has 0 fully saturated rings. The van der Waals surface area contributed by atoms with Gasteiger partial charge in [0.2, 0.25) is 0 Å². The number of nitrogens with zero attached hydrogens (tertiary/aromatic N) is 1. The Morgan fingerprint density at radius 3 is 2.15 bits per heavy atom. The molecule has 0 saturated carbocycles. The molecule has 0 unspecified atom stereocenters. The molecular formula is C26H24BrN3O4. The van der Waals surface area contributed by atoms with Crippen LogP contribution >= 0.6 is 15.9 Å². The number of carbonyl (C=O) groups excluding carboxylic acids is 1. The molecule has 0 aliphatic rings. The summed E-state index contributed by atoms with van der Waals surface area (Å²) in [5.74, 6) is 0.966. The lowest BCUT2D eigenvalue weighted by atomic mass is 10.1. The molecule has 1 heterocycles. The standard InChI is InChI=1S/C26H24BrN3O4/c1-2-29-26(31)24-23(27)25(34-30-24)19-13-20(28)22(33-16-18-11-7-4-8-12-18)14-21(19)32-15-17-9-5-3-6-10-17/h3-14H,2,15-16,28H2,1H3,(H,29,31). The van der Waals surface area contributed by atoms with Gasteiger partial charge in [0.05, 0.1) is 15.7 Å². The summed E-state index contributed by atoms with van der Waals surface area (Å²) < 4.78 is 18.1. The van der Waals surface area contributed by atoms with E-state index in [9.17, 15) is 4.79 Å². The topological polar surface area (TPSA) is 99.6 Å². The Morgan fingerprint density at radius 2 is 1.56 bits per heavy atom. The van der Waals surface area contributed by atoms with Gasteiger partial charge in [0.15, 0.2) is 11.5 Å². The predicted octanol–water partition coefficient (Wildman–Crippen LogP) is 5.59. The number of benzene rings is 3. The lowest BCUT2D eigenvalue weighted by molar-refractivity contribution is 0.0946. The van der Waals surface area contributed by atoms with Crippen LogP contribution in [0, 0.1) is 0 Å². The van der Waals surface area contributed by atoms with E-state index in [0.29, 0.717) is 52.7 Å². The fourth-order valence-electron chi connectivity index (χ4n) is 3.30. The van der Waals surface area contributed by atoms with E-state index in [-0.39, 0.29) is 11.6 Å². The fourth-order valence-corrected chi connectivity index (χ4v) is 3.84. The highest BCUT2D eigenvalue weighted by Crippen LogP contribution is 2.42. The summed E-state index contributed by atoms with van der Waals surface area (Å²) in [7, 11) is 0. The Balaban J connectivity index is 1.68. The van der Waals surface area contributed by atoms with Gasteiger partial charge in [-0.05, 0) is 40.0 Å². The van der Waals surface area contributed by atoms with Crippen LogP contribution in [0.5, 0.6) is 11.5 Å². The molecule has 0 spiro atoms. The van der Waals surface area contributed by atoms with Gasteiger partial charge >= 0.3 is 0 Å². The van der Waals surface area contributed by atoms with Gasteiger partial charge in [0.25, 0.3) is 5.91 Å².